The van der Waals surface area contributed by atoms with Gasteiger partial charge >= 0.3 is 12.3 Å². The quantitative estimate of drug-likeness (QED) is 0.629. The van der Waals surface area contributed by atoms with Gasteiger partial charge in [-0.05, 0) is 31.5 Å². The van der Waals surface area contributed by atoms with Crippen LogP contribution in [-0.2, 0) is 14.4 Å². The van der Waals surface area contributed by atoms with Crippen molar-refractivity contribution in [1.82, 2.24) is 0 Å². The Morgan fingerprint density at radius 1 is 1.26 bits per heavy atom. The summed E-state index contributed by atoms with van der Waals surface area (Å²) in [6.45, 7) is 3.20. The number of esters is 1. The summed E-state index contributed by atoms with van der Waals surface area (Å²) >= 11 is 6.04. The van der Waals surface area contributed by atoms with Gasteiger partial charge in [-0.3, -0.25) is 0 Å². The third kappa shape index (κ3) is 4.31. The zero-order valence-corrected chi connectivity index (χ0v) is 11.0. The summed E-state index contributed by atoms with van der Waals surface area (Å²) in [5, 5.41) is 0. The van der Waals surface area contributed by atoms with Gasteiger partial charge in [0.25, 0.3) is 0 Å². The molecule has 106 valence electrons. The van der Waals surface area contributed by atoms with E-state index in [0.29, 0.717) is 5.56 Å². The van der Waals surface area contributed by atoms with Crippen molar-refractivity contribution in [3.05, 3.63) is 29.8 Å². The Morgan fingerprint density at radius 3 is 2.21 bits per heavy atom. The average Bonchev–Trinajstić information content (AvgIpc) is 2.27. The van der Waals surface area contributed by atoms with E-state index in [1.165, 1.54) is 19.1 Å². The lowest BCUT2D eigenvalue weighted by Crippen LogP contribution is -2.28. The fourth-order valence-electron chi connectivity index (χ4n) is 1.35. The van der Waals surface area contributed by atoms with Gasteiger partial charge in [0.15, 0.2) is 4.87 Å². The topological polar surface area (TPSA) is 35.5 Å². The van der Waals surface area contributed by atoms with Crippen LogP contribution in [0.3, 0.4) is 0 Å². The number of halogens is 4. The molecule has 0 fully saturated rings. The van der Waals surface area contributed by atoms with Gasteiger partial charge < -0.3 is 9.47 Å². The summed E-state index contributed by atoms with van der Waals surface area (Å²) in [5.41, 5.74) is 0.321. The summed E-state index contributed by atoms with van der Waals surface area (Å²) < 4.78 is 44.5. The van der Waals surface area contributed by atoms with Crippen molar-refractivity contribution in [2.24, 2.45) is 0 Å². The van der Waals surface area contributed by atoms with Crippen LogP contribution in [0.15, 0.2) is 24.3 Å². The predicted molar refractivity (Wildman–Crippen MR) is 63.0 cm³/mol. The highest BCUT2D eigenvalue weighted by atomic mass is 35.5. The molecule has 0 amide bonds. The first-order valence-electron chi connectivity index (χ1n) is 5.39. The first kappa shape index (κ1) is 15.6. The van der Waals surface area contributed by atoms with Gasteiger partial charge in [0.05, 0.1) is 6.61 Å². The molecular weight excluding hydrogens is 285 g/mol. The monoisotopic (exact) mass is 296 g/mol. The molecule has 0 aliphatic rings. The van der Waals surface area contributed by atoms with E-state index in [1.807, 2.05) is 0 Å². The second kappa shape index (κ2) is 5.69. The maximum absolute atomic E-state index is 12.0. The van der Waals surface area contributed by atoms with Gasteiger partial charge in [0.2, 0.25) is 0 Å². The van der Waals surface area contributed by atoms with Crippen LogP contribution < -0.4 is 4.74 Å². The van der Waals surface area contributed by atoms with E-state index in [0.717, 1.165) is 12.1 Å². The number of ether oxygens (including phenoxy) is 2. The Kier molecular flexibility index (Phi) is 4.68. The molecule has 0 radical (unpaired) electrons. The number of hydrogen-bond acceptors (Lipinski definition) is 3. The van der Waals surface area contributed by atoms with E-state index in [-0.39, 0.29) is 12.4 Å². The van der Waals surface area contributed by atoms with Gasteiger partial charge in [0, 0.05) is 0 Å². The molecule has 3 nitrogen and oxygen atoms in total. The van der Waals surface area contributed by atoms with E-state index >= 15 is 0 Å². The van der Waals surface area contributed by atoms with E-state index in [2.05, 4.69) is 4.74 Å². The van der Waals surface area contributed by atoms with Crippen LogP contribution in [0.4, 0.5) is 13.2 Å². The van der Waals surface area contributed by atoms with Gasteiger partial charge in [-0.2, -0.15) is 0 Å². The Balaban J connectivity index is 2.89. The minimum absolute atomic E-state index is 0.163. The van der Waals surface area contributed by atoms with Crippen LogP contribution in [-0.4, -0.2) is 18.9 Å². The lowest BCUT2D eigenvalue weighted by atomic mass is 10.0. The predicted octanol–water partition coefficient (Wildman–Crippen LogP) is 3.60. The molecule has 0 saturated heterocycles. The summed E-state index contributed by atoms with van der Waals surface area (Å²) in [7, 11) is 0. The first-order chi connectivity index (χ1) is 8.66. The molecular formula is C12H12ClF3O3. The molecule has 1 unspecified atom stereocenters. The van der Waals surface area contributed by atoms with Crippen molar-refractivity contribution < 1.29 is 27.4 Å². The van der Waals surface area contributed by atoms with Crippen LogP contribution in [0.5, 0.6) is 5.75 Å². The average molecular weight is 297 g/mol. The van der Waals surface area contributed by atoms with E-state index in [4.69, 9.17) is 16.3 Å². The SMILES string of the molecule is CCOC(=O)C(C)(Cl)c1ccc(OC(F)(F)F)cc1. The Bertz CT molecular complexity index is 441. The molecule has 0 aliphatic heterocycles. The van der Waals surface area contributed by atoms with Crippen LogP contribution in [0.2, 0.25) is 0 Å². The molecule has 0 heterocycles. The molecule has 19 heavy (non-hydrogen) atoms. The third-order valence-electron chi connectivity index (χ3n) is 2.29. The molecule has 0 N–H and O–H groups in total. The minimum atomic E-state index is -4.76. The molecule has 0 aromatic heterocycles. The van der Waals surface area contributed by atoms with Crippen molar-refractivity contribution in [3.63, 3.8) is 0 Å². The number of benzene rings is 1. The van der Waals surface area contributed by atoms with Gasteiger partial charge in [-0.15, -0.1) is 24.8 Å². The second-order valence-corrected chi connectivity index (χ2v) is 4.55. The smallest absolute Gasteiger partial charge is 0.464 e. The zero-order chi connectivity index (χ0) is 14.7. The molecule has 1 aromatic carbocycles. The number of carbonyl (C=O) groups excluding carboxylic acids is 1. The lowest BCUT2D eigenvalue weighted by molar-refractivity contribution is -0.274. The van der Waals surface area contributed by atoms with Crippen LogP contribution in [0, 0.1) is 0 Å². The Morgan fingerprint density at radius 2 is 1.79 bits per heavy atom. The molecule has 0 spiro atoms. The number of rotatable bonds is 4. The number of hydrogen-bond donors (Lipinski definition) is 0. The highest BCUT2D eigenvalue weighted by molar-refractivity contribution is 6.33. The van der Waals surface area contributed by atoms with Crippen molar-refractivity contribution in [2.75, 3.05) is 6.61 Å². The molecule has 0 bridgehead atoms. The van der Waals surface area contributed by atoms with E-state index < -0.39 is 17.2 Å². The lowest BCUT2D eigenvalue weighted by Gasteiger charge is -2.20. The van der Waals surface area contributed by atoms with Crippen molar-refractivity contribution >= 4 is 17.6 Å². The standard InChI is InChI=1S/C12H12ClF3O3/c1-3-18-10(17)11(2,13)8-4-6-9(7-5-8)19-12(14,15)16/h4-7H,3H2,1-2H3. The van der Waals surface area contributed by atoms with Crippen LogP contribution in [0.1, 0.15) is 19.4 Å². The molecule has 1 atom stereocenters. The molecule has 7 heteroatoms. The highest BCUT2D eigenvalue weighted by Gasteiger charge is 2.35. The van der Waals surface area contributed by atoms with E-state index in [9.17, 15) is 18.0 Å². The number of alkyl halides is 4. The van der Waals surface area contributed by atoms with Gasteiger partial charge in [-0.1, -0.05) is 12.1 Å². The summed E-state index contributed by atoms with van der Waals surface area (Å²) in [6, 6.07) is 4.74. The van der Waals surface area contributed by atoms with Crippen molar-refractivity contribution in [2.45, 2.75) is 25.1 Å². The highest BCUT2D eigenvalue weighted by Crippen LogP contribution is 2.32. The van der Waals surface area contributed by atoms with Crippen LogP contribution in [0.25, 0.3) is 0 Å². The third-order valence-corrected chi connectivity index (χ3v) is 2.66. The Labute approximate surface area is 113 Å². The normalized spacial score (nSPS) is 14.6. The summed E-state index contributed by atoms with van der Waals surface area (Å²) in [4.78, 5) is 10.2. The molecule has 0 aliphatic carbocycles. The summed E-state index contributed by atoms with van der Waals surface area (Å²) in [6.07, 6.45) is -4.76. The minimum Gasteiger partial charge on any atom is -0.464 e. The van der Waals surface area contributed by atoms with Gasteiger partial charge in [0.1, 0.15) is 5.75 Å². The largest absolute Gasteiger partial charge is 0.573 e. The zero-order valence-electron chi connectivity index (χ0n) is 10.3. The van der Waals surface area contributed by atoms with Crippen molar-refractivity contribution in [3.8, 4) is 5.75 Å². The summed E-state index contributed by atoms with van der Waals surface area (Å²) in [5.74, 6) is -1.05. The maximum Gasteiger partial charge on any atom is 0.573 e. The van der Waals surface area contributed by atoms with Gasteiger partial charge in [-0.25, -0.2) is 4.79 Å². The van der Waals surface area contributed by atoms with Crippen molar-refractivity contribution in [1.29, 1.82) is 0 Å². The molecule has 1 aromatic rings. The maximum atomic E-state index is 12.0. The first-order valence-corrected chi connectivity index (χ1v) is 5.77. The molecule has 0 saturated carbocycles. The fraction of sp³-hybridized carbons (Fsp3) is 0.417. The Hall–Kier alpha value is -1.43. The van der Waals surface area contributed by atoms with Crippen LogP contribution >= 0.6 is 11.6 Å². The molecule has 1 rings (SSSR count). The second-order valence-electron chi connectivity index (χ2n) is 3.80. The number of carbonyl (C=O) groups is 1. The fourth-order valence-corrected chi connectivity index (χ4v) is 1.53. The van der Waals surface area contributed by atoms with E-state index in [1.54, 1.807) is 6.92 Å².